The normalized spacial score (nSPS) is 12.6. The number of carbonyl (C=O) groups is 1. The maximum atomic E-state index is 12.6. The molecule has 1 heterocycles. The van der Waals surface area contributed by atoms with E-state index in [1.807, 2.05) is 35.8 Å². The molecule has 0 saturated heterocycles. The second kappa shape index (κ2) is 9.68. The zero-order valence-corrected chi connectivity index (χ0v) is 19.1. The number of fused-ring (bicyclic) bond motifs is 1. The van der Waals surface area contributed by atoms with E-state index in [0.29, 0.717) is 24.6 Å². The standard InChI is InChI=1S/C22H26N2O4S2/c1-4-16-6-8-17(9-7-16)14-21(25)23-22-24(12-13-28-5-2)19-11-10-18(30(3,26)27)15-20(19)29-22/h6-11,15H,4-5,12-14H2,1-3H3. The summed E-state index contributed by atoms with van der Waals surface area (Å²) in [5.41, 5.74) is 2.98. The van der Waals surface area contributed by atoms with Gasteiger partial charge in [0, 0.05) is 19.4 Å². The maximum Gasteiger partial charge on any atom is 0.252 e. The highest BCUT2D eigenvalue weighted by molar-refractivity contribution is 7.90. The SMILES string of the molecule is CCOCCn1c(=NC(=O)Cc2ccc(CC)cc2)sc2cc(S(C)(=O)=O)ccc21. The Hall–Kier alpha value is -2.29. The van der Waals surface area contributed by atoms with E-state index in [9.17, 15) is 13.2 Å². The Kier molecular flexibility index (Phi) is 7.23. The van der Waals surface area contributed by atoms with E-state index in [0.717, 1.165) is 22.2 Å². The van der Waals surface area contributed by atoms with Crippen LogP contribution in [0.25, 0.3) is 10.2 Å². The van der Waals surface area contributed by atoms with Gasteiger partial charge in [0.2, 0.25) is 0 Å². The molecule has 0 aliphatic rings. The van der Waals surface area contributed by atoms with E-state index in [-0.39, 0.29) is 17.2 Å². The van der Waals surface area contributed by atoms with Crippen LogP contribution in [0.1, 0.15) is 25.0 Å². The summed E-state index contributed by atoms with van der Waals surface area (Å²) in [5, 5.41) is 0. The van der Waals surface area contributed by atoms with Crippen molar-refractivity contribution >= 4 is 37.3 Å². The molecule has 0 saturated carbocycles. The predicted molar refractivity (Wildman–Crippen MR) is 120 cm³/mol. The smallest absolute Gasteiger partial charge is 0.252 e. The molecule has 0 unspecified atom stereocenters. The van der Waals surface area contributed by atoms with Crippen molar-refractivity contribution in [1.29, 1.82) is 0 Å². The summed E-state index contributed by atoms with van der Waals surface area (Å²) in [6.07, 6.45) is 2.36. The molecular weight excluding hydrogens is 420 g/mol. The molecule has 2 aromatic carbocycles. The third-order valence-corrected chi connectivity index (χ3v) is 6.90. The highest BCUT2D eigenvalue weighted by Crippen LogP contribution is 2.22. The number of ether oxygens (including phenoxy) is 1. The minimum atomic E-state index is -3.31. The van der Waals surface area contributed by atoms with Crippen molar-refractivity contribution in [3.05, 3.63) is 58.4 Å². The molecular formula is C22H26N2O4S2. The molecule has 6 nitrogen and oxygen atoms in total. The van der Waals surface area contributed by atoms with Crippen LogP contribution in [-0.2, 0) is 38.8 Å². The highest BCUT2D eigenvalue weighted by atomic mass is 32.2. The third kappa shape index (κ3) is 5.44. The van der Waals surface area contributed by atoms with Crippen molar-refractivity contribution in [2.45, 2.75) is 38.1 Å². The lowest BCUT2D eigenvalue weighted by Crippen LogP contribution is -2.20. The van der Waals surface area contributed by atoms with Crippen LogP contribution in [0.3, 0.4) is 0 Å². The van der Waals surface area contributed by atoms with Gasteiger partial charge in [0.25, 0.3) is 5.91 Å². The minimum absolute atomic E-state index is 0.221. The van der Waals surface area contributed by atoms with Gasteiger partial charge >= 0.3 is 0 Å². The van der Waals surface area contributed by atoms with Gasteiger partial charge in [-0.2, -0.15) is 4.99 Å². The molecule has 160 valence electrons. The predicted octanol–water partition coefficient (Wildman–Crippen LogP) is 3.38. The Bertz CT molecular complexity index is 1210. The summed E-state index contributed by atoms with van der Waals surface area (Å²) in [4.78, 5) is 17.8. The van der Waals surface area contributed by atoms with E-state index in [1.165, 1.54) is 23.2 Å². The molecule has 0 atom stereocenters. The molecule has 1 aromatic heterocycles. The van der Waals surface area contributed by atoms with Crippen molar-refractivity contribution in [1.82, 2.24) is 4.57 Å². The number of amides is 1. The fourth-order valence-electron chi connectivity index (χ4n) is 3.10. The van der Waals surface area contributed by atoms with Crippen LogP contribution in [0.15, 0.2) is 52.4 Å². The van der Waals surface area contributed by atoms with Gasteiger partial charge in [-0.25, -0.2) is 8.42 Å². The Morgan fingerprint density at radius 3 is 2.43 bits per heavy atom. The number of benzene rings is 2. The molecule has 0 fully saturated rings. The van der Waals surface area contributed by atoms with Crippen molar-refractivity contribution in [3.8, 4) is 0 Å². The van der Waals surface area contributed by atoms with Crippen molar-refractivity contribution in [2.24, 2.45) is 4.99 Å². The minimum Gasteiger partial charge on any atom is -0.380 e. The van der Waals surface area contributed by atoms with Crippen LogP contribution >= 0.6 is 11.3 Å². The molecule has 3 rings (SSSR count). The first-order valence-corrected chi connectivity index (χ1v) is 12.6. The van der Waals surface area contributed by atoms with Gasteiger partial charge in [-0.15, -0.1) is 0 Å². The first-order valence-electron chi connectivity index (χ1n) is 9.88. The lowest BCUT2D eigenvalue weighted by Gasteiger charge is -2.06. The van der Waals surface area contributed by atoms with E-state index in [1.54, 1.807) is 18.2 Å². The zero-order chi connectivity index (χ0) is 21.7. The number of rotatable bonds is 8. The molecule has 30 heavy (non-hydrogen) atoms. The summed E-state index contributed by atoms with van der Waals surface area (Å²) >= 11 is 1.31. The van der Waals surface area contributed by atoms with Crippen LogP contribution in [0.5, 0.6) is 0 Å². The Morgan fingerprint density at radius 2 is 1.80 bits per heavy atom. The first-order chi connectivity index (χ1) is 14.3. The molecule has 3 aromatic rings. The lowest BCUT2D eigenvalue weighted by atomic mass is 10.1. The highest BCUT2D eigenvalue weighted by Gasteiger charge is 2.13. The number of carbonyl (C=O) groups excluding carboxylic acids is 1. The Balaban J connectivity index is 1.98. The molecule has 0 spiro atoms. The molecule has 0 aliphatic heterocycles. The monoisotopic (exact) mass is 446 g/mol. The molecule has 1 amide bonds. The number of thiazole rings is 1. The number of nitrogens with zero attached hydrogens (tertiary/aromatic N) is 2. The van der Waals surface area contributed by atoms with Gasteiger partial charge < -0.3 is 9.30 Å². The summed E-state index contributed by atoms with van der Waals surface area (Å²) in [5.74, 6) is -0.237. The number of hydrogen-bond acceptors (Lipinski definition) is 5. The van der Waals surface area contributed by atoms with Gasteiger partial charge in [0.15, 0.2) is 14.6 Å². The van der Waals surface area contributed by atoms with Gasteiger partial charge in [-0.1, -0.05) is 42.5 Å². The quantitative estimate of drug-likeness (QED) is 0.497. The first kappa shape index (κ1) is 22.4. The number of aryl methyl sites for hydroxylation is 1. The van der Waals surface area contributed by atoms with Gasteiger partial charge in [0.1, 0.15) is 0 Å². The third-order valence-electron chi connectivity index (χ3n) is 4.75. The largest absolute Gasteiger partial charge is 0.380 e. The van der Waals surface area contributed by atoms with Crippen molar-refractivity contribution in [3.63, 3.8) is 0 Å². The topological polar surface area (TPSA) is 77.7 Å². The number of aromatic nitrogens is 1. The van der Waals surface area contributed by atoms with E-state index in [4.69, 9.17) is 4.74 Å². The van der Waals surface area contributed by atoms with Crippen LogP contribution in [0.4, 0.5) is 0 Å². The maximum absolute atomic E-state index is 12.6. The zero-order valence-electron chi connectivity index (χ0n) is 17.4. The van der Waals surface area contributed by atoms with E-state index >= 15 is 0 Å². The molecule has 0 N–H and O–H groups in total. The van der Waals surface area contributed by atoms with Crippen LogP contribution < -0.4 is 4.80 Å². The van der Waals surface area contributed by atoms with Crippen LogP contribution in [0, 0.1) is 0 Å². The fraction of sp³-hybridized carbons (Fsp3) is 0.364. The summed E-state index contributed by atoms with van der Waals surface area (Å²) in [7, 11) is -3.31. The molecule has 8 heteroatoms. The summed E-state index contributed by atoms with van der Waals surface area (Å²) in [6.45, 7) is 5.62. The second-order valence-corrected chi connectivity index (χ2v) is 10.0. The molecule has 0 radical (unpaired) electrons. The van der Waals surface area contributed by atoms with Gasteiger partial charge in [0.05, 0.1) is 28.1 Å². The summed E-state index contributed by atoms with van der Waals surface area (Å²) < 4.78 is 32.0. The van der Waals surface area contributed by atoms with Gasteiger partial charge in [-0.3, -0.25) is 4.79 Å². The molecule has 0 aliphatic carbocycles. The van der Waals surface area contributed by atoms with Gasteiger partial charge in [-0.05, 0) is 42.7 Å². The average molecular weight is 447 g/mol. The average Bonchev–Trinajstić information content (AvgIpc) is 3.04. The van der Waals surface area contributed by atoms with Crippen LogP contribution in [0.2, 0.25) is 0 Å². The summed E-state index contributed by atoms with van der Waals surface area (Å²) in [6, 6.07) is 13.0. The molecule has 0 bridgehead atoms. The van der Waals surface area contributed by atoms with E-state index < -0.39 is 9.84 Å². The van der Waals surface area contributed by atoms with Crippen LogP contribution in [-0.4, -0.2) is 38.4 Å². The van der Waals surface area contributed by atoms with Crippen molar-refractivity contribution < 1.29 is 17.9 Å². The Labute approximate surface area is 180 Å². The van der Waals surface area contributed by atoms with Crippen molar-refractivity contribution in [2.75, 3.05) is 19.5 Å². The number of sulfone groups is 1. The number of hydrogen-bond donors (Lipinski definition) is 0. The second-order valence-electron chi connectivity index (χ2n) is 6.99. The van der Waals surface area contributed by atoms with E-state index in [2.05, 4.69) is 11.9 Å². The Morgan fingerprint density at radius 1 is 1.10 bits per heavy atom. The lowest BCUT2D eigenvalue weighted by molar-refractivity contribution is -0.117. The fourth-order valence-corrected chi connectivity index (χ4v) is 4.93.